The van der Waals surface area contributed by atoms with Crippen LogP contribution in [0.2, 0.25) is 0 Å². The highest BCUT2D eigenvalue weighted by atomic mass is 32.1. The first-order chi connectivity index (χ1) is 15.5. The Morgan fingerprint density at radius 2 is 2.00 bits per heavy atom. The molecule has 0 aliphatic heterocycles. The second-order valence-electron chi connectivity index (χ2n) is 9.48. The van der Waals surface area contributed by atoms with Crippen LogP contribution < -0.4 is 15.4 Å². The van der Waals surface area contributed by atoms with Crippen LogP contribution in [-0.2, 0) is 0 Å². The molecule has 2 aromatic heterocycles. The minimum absolute atomic E-state index is 0.0638. The second-order valence-corrected chi connectivity index (χ2v) is 10.5. The summed E-state index contributed by atoms with van der Waals surface area (Å²) in [6.45, 7) is 11.3. The monoisotopic (exact) mass is 473 g/mol. The maximum absolute atomic E-state index is 13.8. The number of carbonyl (C=O) groups excluding carboxylic acids is 1. The van der Waals surface area contributed by atoms with E-state index in [0.29, 0.717) is 33.5 Å². The molecule has 33 heavy (non-hydrogen) atoms. The van der Waals surface area contributed by atoms with Gasteiger partial charge in [0.25, 0.3) is 5.91 Å². The van der Waals surface area contributed by atoms with E-state index in [1.165, 1.54) is 29.8 Å². The highest BCUT2D eigenvalue weighted by Crippen LogP contribution is 2.36. The molecule has 0 aliphatic carbocycles. The minimum Gasteiger partial charge on any atom is -0.489 e. The molecule has 0 spiro atoms. The first-order valence-corrected chi connectivity index (χ1v) is 11.7. The van der Waals surface area contributed by atoms with E-state index < -0.39 is 0 Å². The predicted molar refractivity (Wildman–Crippen MR) is 132 cm³/mol. The zero-order chi connectivity index (χ0) is 24.3. The number of nitrogens with zero attached hydrogens (tertiary/aromatic N) is 3. The number of thiophene rings is 1. The first kappa shape index (κ1) is 24.9. The van der Waals surface area contributed by atoms with E-state index >= 15 is 0 Å². The smallest absolute Gasteiger partial charge is 0.261 e. The lowest BCUT2D eigenvalue weighted by atomic mass is 9.93. The van der Waals surface area contributed by atoms with E-state index in [2.05, 4.69) is 39.3 Å². The van der Waals surface area contributed by atoms with Crippen LogP contribution >= 0.6 is 11.3 Å². The lowest BCUT2D eigenvalue weighted by molar-refractivity contribution is 0.0933. The second kappa shape index (κ2) is 10.0. The van der Waals surface area contributed by atoms with Crippen LogP contribution in [0.4, 0.5) is 15.9 Å². The average molecular weight is 474 g/mol. The summed E-state index contributed by atoms with van der Waals surface area (Å²) in [7, 11) is 4.04. The van der Waals surface area contributed by atoms with Crippen molar-refractivity contribution < 1.29 is 13.9 Å². The molecule has 3 aromatic rings. The number of hydrogen-bond acceptors (Lipinski definition) is 7. The van der Waals surface area contributed by atoms with E-state index in [1.807, 2.05) is 34.9 Å². The fourth-order valence-electron chi connectivity index (χ4n) is 3.77. The molecule has 3 rings (SSSR count). The summed E-state index contributed by atoms with van der Waals surface area (Å²) in [4.78, 5) is 25.2. The number of aryl methyl sites for hydroxylation is 1. The highest BCUT2D eigenvalue weighted by molar-refractivity contribution is 7.20. The molecule has 0 saturated carbocycles. The van der Waals surface area contributed by atoms with Gasteiger partial charge < -0.3 is 20.3 Å². The van der Waals surface area contributed by atoms with Crippen LogP contribution in [0.1, 0.15) is 42.9 Å². The van der Waals surface area contributed by atoms with E-state index in [1.54, 1.807) is 6.07 Å². The van der Waals surface area contributed by atoms with Gasteiger partial charge in [0.05, 0.1) is 22.1 Å². The molecular formula is C24H32FN5O2S. The van der Waals surface area contributed by atoms with Gasteiger partial charge in [0, 0.05) is 19.2 Å². The summed E-state index contributed by atoms with van der Waals surface area (Å²) in [5.74, 6) is 0.428. The van der Waals surface area contributed by atoms with Crippen LogP contribution in [0.15, 0.2) is 24.5 Å². The number of aromatic nitrogens is 2. The van der Waals surface area contributed by atoms with E-state index in [0.717, 1.165) is 17.5 Å². The number of anilines is 2. The van der Waals surface area contributed by atoms with Gasteiger partial charge in [-0.15, -0.1) is 11.3 Å². The van der Waals surface area contributed by atoms with Gasteiger partial charge in [-0.3, -0.25) is 4.79 Å². The van der Waals surface area contributed by atoms with Gasteiger partial charge >= 0.3 is 0 Å². The van der Waals surface area contributed by atoms with Crippen molar-refractivity contribution >= 4 is 39.0 Å². The summed E-state index contributed by atoms with van der Waals surface area (Å²) < 4.78 is 19.6. The Morgan fingerprint density at radius 3 is 2.67 bits per heavy atom. The molecule has 2 N–H and O–H groups in total. The van der Waals surface area contributed by atoms with Gasteiger partial charge in [-0.2, -0.15) is 0 Å². The van der Waals surface area contributed by atoms with Gasteiger partial charge in [-0.1, -0.05) is 13.8 Å². The van der Waals surface area contributed by atoms with Gasteiger partial charge in [-0.25, -0.2) is 14.4 Å². The standard InChI is InChI=1S/C24H32FN5O2S/c1-14(2)32-18-10-16(25)8-9-17(18)29-21-19-15(3)20(33-23(19)28-13-27-21)22(31)26-11-24(4,5)12-30(6)7/h8-10,13-14H,11-12H2,1-7H3,(H,26,31)(H,27,28,29). The molecule has 7 nitrogen and oxygen atoms in total. The molecular weight excluding hydrogens is 441 g/mol. The van der Waals surface area contributed by atoms with Crippen LogP contribution in [0, 0.1) is 18.2 Å². The quantitative estimate of drug-likeness (QED) is 0.456. The fraction of sp³-hybridized carbons (Fsp3) is 0.458. The van der Waals surface area contributed by atoms with Crippen LogP contribution in [0.3, 0.4) is 0 Å². The molecule has 0 fully saturated rings. The molecule has 0 bridgehead atoms. The molecule has 0 unspecified atom stereocenters. The minimum atomic E-state index is -0.383. The number of ether oxygens (including phenoxy) is 1. The number of hydrogen-bond donors (Lipinski definition) is 2. The Hall–Kier alpha value is -2.78. The van der Waals surface area contributed by atoms with Crippen molar-refractivity contribution in [3.63, 3.8) is 0 Å². The molecule has 0 saturated heterocycles. The molecule has 0 aliphatic rings. The van der Waals surface area contributed by atoms with Gasteiger partial charge in [0.2, 0.25) is 0 Å². The molecule has 2 heterocycles. The van der Waals surface area contributed by atoms with Crippen molar-refractivity contribution in [2.75, 3.05) is 32.5 Å². The van der Waals surface area contributed by atoms with E-state index in [9.17, 15) is 9.18 Å². The lowest BCUT2D eigenvalue weighted by Gasteiger charge is -2.28. The number of nitrogens with one attached hydrogen (secondary N) is 2. The number of fused-ring (bicyclic) bond motifs is 1. The van der Waals surface area contributed by atoms with E-state index in [-0.39, 0.29) is 23.2 Å². The number of halogens is 1. The van der Waals surface area contributed by atoms with Gasteiger partial charge in [-0.05, 0) is 58.0 Å². The first-order valence-electron chi connectivity index (χ1n) is 10.9. The normalized spacial score (nSPS) is 11.9. The lowest BCUT2D eigenvalue weighted by Crippen LogP contribution is -2.39. The summed E-state index contributed by atoms with van der Waals surface area (Å²) in [5.41, 5.74) is 1.33. The van der Waals surface area contributed by atoms with E-state index in [4.69, 9.17) is 4.74 Å². The molecule has 9 heteroatoms. The molecule has 1 amide bonds. The largest absolute Gasteiger partial charge is 0.489 e. The van der Waals surface area contributed by atoms with Crippen molar-refractivity contribution in [3.8, 4) is 5.75 Å². The topological polar surface area (TPSA) is 79.4 Å². The average Bonchev–Trinajstić information content (AvgIpc) is 3.04. The third-order valence-corrected chi connectivity index (χ3v) is 6.16. The summed E-state index contributed by atoms with van der Waals surface area (Å²) in [5, 5.41) is 7.08. The SMILES string of the molecule is Cc1c(C(=O)NCC(C)(C)CN(C)C)sc2ncnc(Nc3ccc(F)cc3OC(C)C)c12. The Morgan fingerprint density at radius 1 is 1.27 bits per heavy atom. The van der Waals surface area contributed by atoms with Crippen molar-refractivity contribution in [1.82, 2.24) is 20.2 Å². The van der Waals surface area contributed by atoms with Gasteiger partial charge in [0.15, 0.2) is 0 Å². The van der Waals surface area contributed by atoms with Crippen molar-refractivity contribution in [3.05, 3.63) is 40.8 Å². The van der Waals surface area contributed by atoms with Crippen molar-refractivity contribution in [2.45, 2.75) is 40.7 Å². The molecule has 0 radical (unpaired) electrons. The molecule has 178 valence electrons. The number of rotatable bonds is 9. The van der Waals surface area contributed by atoms with Gasteiger partial charge in [0.1, 0.15) is 28.5 Å². The zero-order valence-corrected chi connectivity index (χ0v) is 21.1. The third kappa shape index (κ3) is 6.17. The maximum atomic E-state index is 13.8. The maximum Gasteiger partial charge on any atom is 0.261 e. The fourth-order valence-corrected chi connectivity index (χ4v) is 4.84. The van der Waals surface area contributed by atoms with Crippen LogP contribution in [-0.4, -0.2) is 54.1 Å². The summed E-state index contributed by atoms with van der Waals surface area (Å²) in [6.07, 6.45) is 1.34. The number of amides is 1. The summed E-state index contributed by atoms with van der Waals surface area (Å²) in [6, 6.07) is 4.32. The van der Waals surface area contributed by atoms with Crippen molar-refractivity contribution in [2.24, 2.45) is 5.41 Å². The Kier molecular flexibility index (Phi) is 7.54. The van der Waals surface area contributed by atoms with Crippen LogP contribution in [0.5, 0.6) is 5.75 Å². The predicted octanol–water partition coefficient (Wildman–Crippen LogP) is 4.99. The van der Waals surface area contributed by atoms with Crippen molar-refractivity contribution in [1.29, 1.82) is 0 Å². The Balaban J connectivity index is 1.89. The Labute approximate surface area is 198 Å². The number of benzene rings is 1. The zero-order valence-electron chi connectivity index (χ0n) is 20.2. The molecule has 1 aromatic carbocycles. The van der Waals surface area contributed by atoms with Crippen LogP contribution in [0.25, 0.3) is 10.2 Å². The Bertz CT molecular complexity index is 1140. The third-order valence-electron chi connectivity index (χ3n) is 4.96. The number of carbonyl (C=O) groups is 1. The molecule has 0 atom stereocenters. The summed E-state index contributed by atoms with van der Waals surface area (Å²) >= 11 is 1.33. The highest BCUT2D eigenvalue weighted by Gasteiger charge is 2.24.